The average molecular weight is 304 g/mol. The lowest BCUT2D eigenvalue weighted by Crippen LogP contribution is -2.42. The van der Waals surface area contributed by atoms with Crippen molar-refractivity contribution in [3.8, 4) is 0 Å². The number of hydrogen-bond acceptors (Lipinski definition) is 8. The molecule has 0 spiro atoms. The smallest absolute Gasteiger partial charge is 0.378 e. The summed E-state index contributed by atoms with van der Waals surface area (Å²) in [4.78, 5) is 22.7. The van der Waals surface area contributed by atoms with Crippen molar-refractivity contribution >= 4 is 11.8 Å². The summed E-state index contributed by atoms with van der Waals surface area (Å²) >= 11 is 0. The third-order valence-corrected chi connectivity index (χ3v) is 2.80. The number of rotatable bonds is 9. The number of hydrogen-bond donors (Lipinski definition) is 3. The van der Waals surface area contributed by atoms with Gasteiger partial charge in [0.25, 0.3) is 5.78 Å². The molecule has 0 aliphatic carbocycles. The molecule has 3 N–H and O–H groups in total. The number of ketones is 1. The molecule has 8 heteroatoms. The summed E-state index contributed by atoms with van der Waals surface area (Å²) in [7, 11) is 0. The van der Waals surface area contributed by atoms with Gasteiger partial charge < -0.3 is 29.5 Å². The van der Waals surface area contributed by atoms with Crippen LogP contribution in [0.25, 0.3) is 0 Å². The Morgan fingerprint density at radius 2 is 2.05 bits per heavy atom. The monoisotopic (exact) mass is 304 g/mol. The summed E-state index contributed by atoms with van der Waals surface area (Å²) in [6.07, 6.45) is -1.48. The highest BCUT2D eigenvalue weighted by atomic mass is 16.6. The van der Waals surface area contributed by atoms with E-state index in [1.165, 1.54) is 0 Å². The third kappa shape index (κ3) is 5.18. The van der Waals surface area contributed by atoms with Crippen molar-refractivity contribution in [2.75, 3.05) is 26.4 Å². The Bertz CT molecular complexity index is 380. The van der Waals surface area contributed by atoms with Gasteiger partial charge in [-0.3, -0.25) is 4.79 Å². The van der Waals surface area contributed by atoms with E-state index in [1.807, 2.05) is 6.92 Å². The summed E-state index contributed by atoms with van der Waals surface area (Å²) in [5.41, 5.74) is 0. The van der Waals surface area contributed by atoms with Crippen molar-refractivity contribution in [2.45, 2.75) is 31.3 Å². The van der Waals surface area contributed by atoms with E-state index in [4.69, 9.17) is 14.6 Å². The quantitative estimate of drug-likeness (QED) is 0.197. The minimum atomic E-state index is -1.42. The first-order valence-electron chi connectivity index (χ1n) is 6.53. The number of aliphatic hydroxyl groups excluding tert-OH is 3. The molecule has 1 fully saturated rings. The Labute approximate surface area is 121 Å². The van der Waals surface area contributed by atoms with E-state index in [0.717, 1.165) is 0 Å². The molecule has 0 aromatic heterocycles. The van der Waals surface area contributed by atoms with Crippen molar-refractivity contribution in [1.82, 2.24) is 0 Å². The number of carbonyl (C=O) groups excluding carboxylic acids is 2. The van der Waals surface area contributed by atoms with Crippen molar-refractivity contribution in [1.29, 1.82) is 0 Å². The number of Topliss-reactive ketones (excluding diaryl/α,β-unsaturated/α-hetero) is 1. The molecule has 0 saturated carbocycles. The van der Waals surface area contributed by atoms with E-state index >= 15 is 0 Å². The number of esters is 1. The second-order valence-corrected chi connectivity index (χ2v) is 4.50. The molecular weight excluding hydrogens is 284 g/mol. The Hall–Kier alpha value is -1.32. The van der Waals surface area contributed by atoms with E-state index < -0.39 is 42.8 Å². The maximum absolute atomic E-state index is 11.5. The van der Waals surface area contributed by atoms with Crippen LogP contribution in [0.3, 0.4) is 0 Å². The molecule has 1 heterocycles. The zero-order valence-corrected chi connectivity index (χ0v) is 11.7. The van der Waals surface area contributed by atoms with Gasteiger partial charge in [-0.15, -0.1) is 0 Å². The zero-order valence-electron chi connectivity index (χ0n) is 11.7. The average Bonchev–Trinajstić information content (AvgIpc) is 2.76. The third-order valence-electron chi connectivity index (χ3n) is 2.80. The summed E-state index contributed by atoms with van der Waals surface area (Å²) < 4.78 is 14.9. The molecule has 21 heavy (non-hydrogen) atoms. The lowest BCUT2D eigenvalue weighted by Gasteiger charge is -2.21. The fourth-order valence-corrected chi connectivity index (χ4v) is 1.69. The number of aliphatic hydroxyl groups is 3. The van der Waals surface area contributed by atoms with Crippen LogP contribution in [0.2, 0.25) is 0 Å². The van der Waals surface area contributed by atoms with Crippen molar-refractivity contribution in [3.63, 3.8) is 0 Å². The van der Waals surface area contributed by atoms with E-state index in [2.05, 4.69) is 4.74 Å². The van der Waals surface area contributed by atoms with Crippen LogP contribution in [0.15, 0.2) is 12.2 Å². The number of cyclic esters (lactones) is 1. The van der Waals surface area contributed by atoms with E-state index in [-0.39, 0.29) is 13.2 Å². The van der Waals surface area contributed by atoms with Gasteiger partial charge >= 0.3 is 5.97 Å². The summed E-state index contributed by atoms with van der Waals surface area (Å²) in [6.45, 7) is 1.21. The molecular formula is C13H20O8. The number of allylic oxidation sites excluding steroid dienone is 1. The minimum Gasteiger partial charge on any atom is -0.450 e. The standard InChI is InChI=1S/C13H20O8/c1-2-3-4-19-6-8(15)7-20-12-10(17)13(18)21-11(12)9(16)5-14/h2-3,8-9,11-12,14-16H,4-7H2,1H3/t8?,9-,11+,12?/m0/s1. The summed E-state index contributed by atoms with van der Waals surface area (Å²) in [5, 5.41) is 27.9. The molecule has 0 aromatic rings. The van der Waals surface area contributed by atoms with Gasteiger partial charge in [0.15, 0.2) is 12.2 Å². The first kappa shape index (κ1) is 17.7. The van der Waals surface area contributed by atoms with Crippen LogP contribution in [-0.2, 0) is 23.8 Å². The molecule has 120 valence electrons. The van der Waals surface area contributed by atoms with Gasteiger partial charge in [-0.2, -0.15) is 0 Å². The van der Waals surface area contributed by atoms with Gasteiger partial charge in [0.2, 0.25) is 0 Å². The van der Waals surface area contributed by atoms with Crippen molar-refractivity contribution < 1.29 is 39.1 Å². The van der Waals surface area contributed by atoms with Gasteiger partial charge in [-0.1, -0.05) is 12.2 Å². The second kappa shape index (κ2) is 8.85. The summed E-state index contributed by atoms with van der Waals surface area (Å²) in [5.74, 6) is -2.08. The highest BCUT2D eigenvalue weighted by Crippen LogP contribution is 2.19. The van der Waals surface area contributed by atoms with Crippen molar-refractivity contribution in [2.24, 2.45) is 0 Å². The molecule has 4 atom stereocenters. The van der Waals surface area contributed by atoms with Crippen LogP contribution >= 0.6 is 0 Å². The highest BCUT2D eigenvalue weighted by molar-refractivity contribution is 6.37. The molecule has 0 aromatic carbocycles. The Morgan fingerprint density at radius 3 is 2.67 bits per heavy atom. The van der Waals surface area contributed by atoms with Crippen LogP contribution in [0, 0.1) is 0 Å². The highest BCUT2D eigenvalue weighted by Gasteiger charge is 2.48. The number of carbonyl (C=O) groups is 2. The Morgan fingerprint density at radius 1 is 1.33 bits per heavy atom. The zero-order chi connectivity index (χ0) is 15.8. The van der Waals surface area contributed by atoms with Crippen LogP contribution in [0.4, 0.5) is 0 Å². The molecule has 8 nitrogen and oxygen atoms in total. The Balaban J connectivity index is 2.43. The topological polar surface area (TPSA) is 123 Å². The largest absolute Gasteiger partial charge is 0.450 e. The number of ether oxygens (including phenoxy) is 3. The fourth-order valence-electron chi connectivity index (χ4n) is 1.69. The molecule has 1 aliphatic rings. The first-order valence-corrected chi connectivity index (χ1v) is 6.53. The molecule has 1 aliphatic heterocycles. The molecule has 0 bridgehead atoms. The van der Waals surface area contributed by atoms with E-state index in [1.54, 1.807) is 12.2 Å². The van der Waals surface area contributed by atoms with Crippen LogP contribution in [-0.4, -0.2) is 77.9 Å². The maximum Gasteiger partial charge on any atom is 0.378 e. The molecule has 0 amide bonds. The first-order chi connectivity index (χ1) is 10.0. The predicted molar refractivity (Wildman–Crippen MR) is 69.4 cm³/mol. The van der Waals surface area contributed by atoms with Crippen LogP contribution in [0.5, 0.6) is 0 Å². The van der Waals surface area contributed by atoms with Crippen LogP contribution in [0.1, 0.15) is 6.92 Å². The van der Waals surface area contributed by atoms with E-state index in [9.17, 15) is 19.8 Å². The van der Waals surface area contributed by atoms with Gasteiger partial charge in [-0.05, 0) is 6.92 Å². The van der Waals surface area contributed by atoms with Gasteiger partial charge in [0, 0.05) is 0 Å². The lowest BCUT2D eigenvalue weighted by atomic mass is 10.1. The molecule has 2 unspecified atom stereocenters. The van der Waals surface area contributed by atoms with Crippen LogP contribution < -0.4 is 0 Å². The summed E-state index contributed by atoms with van der Waals surface area (Å²) in [6, 6.07) is 0. The predicted octanol–water partition coefficient (Wildman–Crippen LogP) is -1.83. The fraction of sp³-hybridized carbons (Fsp3) is 0.692. The normalized spacial score (nSPS) is 25.3. The van der Waals surface area contributed by atoms with Gasteiger partial charge in [-0.25, -0.2) is 4.79 Å². The molecule has 1 rings (SSSR count). The second-order valence-electron chi connectivity index (χ2n) is 4.50. The van der Waals surface area contributed by atoms with Gasteiger partial charge in [0.05, 0.1) is 26.4 Å². The van der Waals surface area contributed by atoms with Gasteiger partial charge in [0.1, 0.15) is 12.2 Å². The van der Waals surface area contributed by atoms with Crippen molar-refractivity contribution in [3.05, 3.63) is 12.2 Å². The van der Waals surface area contributed by atoms with E-state index in [0.29, 0.717) is 6.61 Å². The Kier molecular flexibility index (Phi) is 7.48. The molecule has 0 radical (unpaired) electrons. The lowest BCUT2D eigenvalue weighted by molar-refractivity contribution is -0.152. The maximum atomic E-state index is 11.5. The molecule has 1 saturated heterocycles. The SMILES string of the molecule is CC=CCOCC(O)COC1C(=O)C(=O)O[C@@H]1[C@@H](O)CO. The minimum absolute atomic E-state index is 0.00667.